The normalized spacial score (nSPS) is 10.7. The van der Waals surface area contributed by atoms with Crippen molar-refractivity contribution in [3.8, 4) is 16.6 Å². The molecule has 0 bridgehead atoms. The van der Waals surface area contributed by atoms with E-state index in [0.717, 1.165) is 22.3 Å². The van der Waals surface area contributed by atoms with Crippen molar-refractivity contribution in [1.29, 1.82) is 5.26 Å². The molecule has 0 unspecified atom stereocenters. The summed E-state index contributed by atoms with van der Waals surface area (Å²) in [6.45, 7) is 0. The molecule has 5 nitrogen and oxygen atoms in total. The molecule has 0 aliphatic carbocycles. The molecule has 0 aliphatic heterocycles. The Hall–Kier alpha value is -3.21. The van der Waals surface area contributed by atoms with Crippen LogP contribution in [0.3, 0.4) is 0 Å². The summed E-state index contributed by atoms with van der Waals surface area (Å²) in [7, 11) is 0. The second kappa shape index (κ2) is 7.80. The Bertz CT molecular complexity index is 1270. The highest BCUT2D eigenvalue weighted by Crippen LogP contribution is 2.28. The number of carbonyl (C=O) groups excluding carboxylic acids is 1. The zero-order chi connectivity index (χ0) is 19.5. The van der Waals surface area contributed by atoms with Gasteiger partial charge in [0, 0.05) is 5.39 Å². The van der Waals surface area contributed by atoms with Gasteiger partial charge in [-0.25, -0.2) is 9.78 Å². The average molecular weight is 404 g/mol. The number of nitriles is 1. The first-order valence-electron chi connectivity index (χ1n) is 8.29. The number of ketones is 1. The molecule has 0 radical (unpaired) electrons. The van der Waals surface area contributed by atoms with E-state index in [1.54, 1.807) is 47.7 Å². The van der Waals surface area contributed by atoms with Crippen LogP contribution in [0.15, 0.2) is 74.2 Å². The van der Waals surface area contributed by atoms with Crippen LogP contribution < -0.4 is 5.63 Å². The molecule has 28 heavy (non-hydrogen) atoms. The van der Waals surface area contributed by atoms with E-state index in [1.165, 1.54) is 0 Å². The molecule has 0 fully saturated rings. The molecular formula is C21H12N2O3S2. The summed E-state index contributed by atoms with van der Waals surface area (Å²) in [5, 5.41) is 12.4. The van der Waals surface area contributed by atoms with Crippen molar-refractivity contribution in [3.05, 3.63) is 81.5 Å². The van der Waals surface area contributed by atoms with E-state index < -0.39 is 5.63 Å². The number of thioether (sulfide) groups is 1. The average Bonchev–Trinajstić information content (AvgIpc) is 3.26. The van der Waals surface area contributed by atoms with Crippen LogP contribution in [-0.4, -0.2) is 16.5 Å². The maximum atomic E-state index is 12.6. The zero-order valence-corrected chi connectivity index (χ0v) is 16.0. The van der Waals surface area contributed by atoms with Crippen molar-refractivity contribution in [2.75, 3.05) is 5.75 Å². The number of nitrogens with zero attached hydrogens (tertiary/aromatic N) is 2. The number of fused-ring (bicyclic) bond motifs is 1. The molecule has 0 spiro atoms. The third-order valence-electron chi connectivity index (χ3n) is 4.04. The number of para-hydroxylation sites is 1. The maximum Gasteiger partial charge on any atom is 0.347 e. The second-order valence-corrected chi connectivity index (χ2v) is 7.75. The lowest BCUT2D eigenvalue weighted by molar-refractivity contribution is 0.101. The van der Waals surface area contributed by atoms with Gasteiger partial charge in [0.15, 0.2) is 5.78 Å². The van der Waals surface area contributed by atoms with Gasteiger partial charge in [0.1, 0.15) is 22.2 Å². The number of hydrogen-bond acceptors (Lipinski definition) is 7. The first kappa shape index (κ1) is 18.2. The Labute approximate surface area is 168 Å². The first-order valence-corrected chi connectivity index (χ1v) is 10.2. The minimum absolute atomic E-state index is 0.000816. The van der Waals surface area contributed by atoms with Crippen LogP contribution in [0.25, 0.3) is 21.5 Å². The molecule has 0 atom stereocenters. The molecule has 3 aromatic heterocycles. The fourth-order valence-electron chi connectivity index (χ4n) is 2.67. The van der Waals surface area contributed by atoms with E-state index in [1.807, 2.05) is 23.6 Å². The third kappa shape index (κ3) is 3.60. The summed E-state index contributed by atoms with van der Waals surface area (Å²) in [4.78, 5) is 30.3. The minimum Gasteiger partial charge on any atom is -0.422 e. The van der Waals surface area contributed by atoms with Gasteiger partial charge in [-0.15, -0.1) is 11.3 Å². The van der Waals surface area contributed by atoms with E-state index in [2.05, 4.69) is 11.1 Å². The number of pyridine rings is 1. The number of aromatic nitrogens is 1. The minimum atomic E-state index is -0.662. The molecule has 4 rings (SSSR count). The van der Waals surface area contributed by atoms with E-state index in [0.29, 0.717) is 21.6 Å². The van der Waals surface area contributed by atoms with E-state index in [9.17, 15) is 14.9 Å². The van der Waals surface area contributed by atoms with Gasteiger partial charge in [-0.3, -0.25) is 4.79 Å². The summed E-state index contributed by atoms with van der Waals surface area (Å²) in [6.07, 6.45) is 0. The highest BCUT2D eigenvalue weighted by Gasteiger charge is 2.16. The van der Waals surface area contributed by atoms with Gasteiger partial charge in [-0.1, -0.05) is 36.0 Å². The Morgan fingerprint density at radius 2 is 2.04 bits per heavy atom. The van der Waals surface area contributed by atoms with Crippen molar-refractivity contribution >= 4 is 39.9 Å². The standard InChI is InChI=1S/C21H12N2O3S2/c22-11-14-7-8-16(19-6-3-9-27-19)23-20(14)28-12-17(24)15-10-13-4-1-2-5-18(13)26-21(15)25/h1-10H,12H2. The number of benzene rings is 1. The van der Waals surface area contributed by atoms with Crippen molar-refractivity contribution in [2.24, 2.45) is 0 Å². The molecule has 0 saturated heterocycles. The van der Waals surface area contributed by atoms with Crippen LogP contribution in [0.5, 0.6) is 0 Å². The van der Waals surface area contributed by atoms with Gasteiger partial charge in [0.25, 0.3) is 0 Å². The van der Waals surface area contributed by atoms with Crippen LogP contribution in [0.4, 0.5) is 0 Å². The smallest absolute Gasteiger partial charge is 0.347 e. The maximum absolute atomic E-state index is 12.6. The second-order valence-electron chi connectivity index (χ2n) is 5.84. The fourth-order valence-corrected chi connectivity index (χ4v) is 4.22. The third-order valence-corrected chi connectivity index (χ3v) is 5.92. The fraction of sp³-hybridized carbons (Fsp3) is 0.0476. The Balaban J connectivity index is 1.60. The summed E-state index contributed by atoms with van der Waals surface area (Å²) < 4.78 is 5.23. The van der Waals surface area contributed by atoms with Crippen molar-refractivity contribution in [2.45, 2.75) is 5.03 Å². The summed E-state index contributed by atoms with van der Waals surface area (Å²) >= 11 is 2.69. The van der Waals surface area contributed by atoms with Crippen LogP contribution in [-0.2, 0) is 0 Å². The summed E-state index contributed by atoms with van der Waals surface area (Å²) in [6, 6.07) is 18.0. The number of carbonyl (C=O) groups is 1. The molecule has 0 aliphatic rings. The Kier molecular flexibility index (Phi) is 5.06. The molecule has 1 aromatic carbocycles. The molecule has 0 N–H and O–H groups in total. The SMILES string of the molecule is N#Cc1ccc(-c2cccs2)nc1SCC(=O)c1cc2ccccc2oc1=O. The van der Waals surface area contributed by atoms with Gasteiger partial charge in [-0.05, 0) is 35.7 Å². The molecule has 0 amide bonds. The number of rotatable bonds is 5. The van der Waals surface area contributed by atoms with Gasteiger partial charge >= 0.3 is 5.63 Å². The van der Waals surface area contributed by atoms with Gasteiger partial charge in [0.05, 0.1) is 21.9 Å². The van der Waals surface area contributed by atoms with Crippen molar-refractivity contribution < 1.29 is 9.21 Å². The van der Waals surface area contributed by atoms with Crippen LogP contribution >= 0.6 is 23.1 Å². The monoisotopic (exact) mass is 404 g/mol. The highest BCUT2D eigenvalue weighted by molar-refractivity contribution is 8.00. The van der Waals surface area contributed by atoms with Gasteiger partial charge < -0.3 is 4.42 Å². The molecule has 3 heterocycles. The molecule has 0 saturated carbocycles. The highest BCUT2D eigenvalue weighted by atomic mass is 32.2. The predicted octanol–water partition coefficient (Wildman–Crippen LogP) is 4.76. The largest absolute Gasteiger partial charge is 0.422 e. The molecule has 7 heteroatoms. The van der Waals surface area contributed by atoms with E-state index >= 15 is 0 Å². The van der Waals surface area contributed by atoms with Gasteiger partial charge in [-0.2, -0.15) is 5.26 Å². The van der Waals surface area contributed by atoms with Crippen molar-refractivity contribution in [3.63, 3.8) is 0 Å². The molecule has 136 valence electrons. The predicted molar refractivity (Wildman–Crippen MR) is 110 cm³/mol. The van der Waals surface area contributed by atoms with Gasteiger partial charge in [0.2, 0.25) is 0 Å². The van der Waals surface area contributed by atoms with E-state index in [-0.39, 0.29) is 17.1 Å². The Morgan fingerprint density at radius 3 is 2.82 bits per heavy atom. The topological polar surface area (TPSA) is 84.0 Å². The zero-order valence-electron chi connectivity index (χ0n) is 14.4. The number of hydrogen-bond donors (Lipinski definition) is 0. The van der Waals surface area contributed by atoms with Crippen LogP contribution in [0.2, 0.25) is 0 Å². The van der Waals surface area contributed by atoms with Crippen molar-refractivity contribution in [1.82, 2.24) is 4.98 Å². The molecule has 4 aromatic rings. The summed E-state index contributed by atoms with van der Waals surface area (Å²) in [5.74, 6) is -0.379. The lowest BCUT2D eigenvalue weighted by atomic mass is 10.1. The van der Waals surface area contributed by atoms with E-state index in [4.69, 9.17) is 4.42 Å². The van der Waals surface area contributed by atoms with Crippen LogP contribution in [0.1, 0.15) is 15.9 Å². The first-order chi connectivity index (χ1) is 13.7. The van der Waals surface area contributed by atoms with Crippen LogP contribution in [0, 0.1) is 11.3 Å². The quantitative estimate of drug-likeness (QED) is 0.271. The number of thiophene rings is 1. The number of Topliss-reactive ketones (excluding diaryl/α,β-unsaturated/α-hetero) is 1. The lowest BCUT2D eigenvalue weighted by Gasteiger charge is -2.05. The lowest BCUT2D eigenvalue weighted by Crippen LogP contribution is -2.15. The summed E-state index contributed by atoms with van der Waals surface area (Å²) in [5.41, 5.74) is 0.913. The molecular weight excluding hydrogens is 392 g/mol. The Morgan fingerprint density at radius 1 is 1.18 bits per heavy atom.